The number of aliphatic carboxylic acids is 1. The van der Waals surface area contributed by atoms with Crippen LogP contribution in [0.25, 0.3) is 0 Å². The highest BCUT2D eigenvalue weighted by Crippen LogP contribution is 2.08. The number of carboxylic acids is 1. The predicted molar refractivity (Wildman–Crippen MR) is 70.9 cm³/mol. The van der Waals surface area contributed by atoms with E-state index < -0.39 is 23.7 Å². The Balaban J connectivity index is 0. The largest absolute Gasteiger partial charge is 0.480 e. The zero-order valence-corrected chi connectivity index (χ0v) is 11.9. The van der Waals surface area contributed by atoms with E-state index in [1.54, 1.807) is 20.8 Å². The molecule has 4 N–H and O–H groups in total. The Morgan fingerprint density at radius 2 is 1.89 bits per heavy atom. The molecule has 1 amide bonds. The zero-order valence-electron chi connectivity index (χ0n) is 11.1. The number of halogens is 1. The number of carboxylic acid groups (broad SMARTS) is 1. The summed E-state index contributed by atoms with van der Waals surface area (Å²) in [4.78, 5) is 22.3. The molecule has 18 heavy (non-hydrogen) atoms. The first-order valence-corrected chi connectivity index (χ1v) is 5.68. The lowest BCUT2D eigenvalue weighted by atomic mass is 10.1. The van der Waals surface area contributed by atoms with Gasteiger partial charge in [-0.15, -0.1) is 12.4 Å². The summed E-state index contributed by atoms with van der Waals surface area (Å²) in [6.45, 7) is 5.67. The predicted octanol–water partition coefficient (Wildman–Crippen LogP) is 1.52. The van der Waals surface area contributed by atoms with Crippen LogP contribution in [0.5, 0.6) is 0 Å². The molecule has 0 aliphatic carbocycles. The first kappa shape index (κ1) is 19.3. The molecule has 0 heterocycles. The van der Waals surface area contributed by atoms with E-state index in [1.165, 1.54) is 0 Å². The smallest absolute Gasteiger partial charge is 0.408 e. The molecule has 0 saturated heterocycles. The van der Waals surface area contributed by atoms with E-state index in [2.05, 4.69) is 5.32 Å². The number of amides is 1. The molecule has 0 aliphatic rings. The van der Waals surface area contributed by atoms with Gasteiger partial charge < -0.3 is 20.9 Å². The van der Waals surface area contributed by atoms with Crippen molar-refractivity contribution in [3.8, 4) is 0 Å². The van der Waals surface area contributed by atoms with Gasteiger partial charge in [0.2, 0.25) is 0 Å². The van der Waals surface area contributed by atoms with Crippen molar-refractivity contribution in [3.63, 3.8) is 0 Å². The van der Waals surface area contributed by atoms with Crippen LogP contribution >= 0.6 is 12.4 Å². The monoisotopic (exact) mass is 282 g/mol. The van der Waals surface area contributed by atoms with Crippen LogP contribution in [0.1, 0.15) is 40.0 Å². The molecule has 0 aliphatic heterocycles. The number of rotatable bonds is 6. The van der Waals surface area contributed by atoms with Crippen LogP contribution in [0, 0.1) is 0 Å². The molecule has 108 valence electrons. The fourth-order valence-corrected chi connectivity index (χ4v) is 1.20. The lowest BCUT2D eigenvalue weighted by Crippen LogP contribution is -2.43. The second-order valence-corrected chi connectivity index (χ2v) is 4.82. The van der Waals surface area contributed by atoms with Crippen molar-refractivity contribution in [1.29, 1.82) is 0 Å². The van der Waals surface area contributed by atoms with Gasteiger partial charge in [0, 0.05) is 0 Å². The zero-order chi connectivity index (χ0) is 13.5. The summed E-state index contributed by atoms with van der Waals surface area (Å²) in [6, 6.07) is -0.920. The third kappa shape index (κ3) is 10.2. The number of hydrogen-bond acceptors (Lipinski definition) is 4. The minimum atomic E-state index is -1.06. The highest BCUT2D eigenvalue weighted by atomic mass is 35.5. The van der Waals surface area contributed by atoms with Gasteiger partial charge in [0.25, 0.3) is 0 Å². The van der Waals surface area contributed by atoms with Gasteiger partial charge in [0.05, 0.1) is 0 Å². The SMILES string of the molecule is CC(C)(C)OC(=O)N[C@@H](CCCCN)C(=O)O.Cl. The minimum absolute atomic E-state index is 0. The molecule has 0 rings (SSSR count). The Kier molecular flexibility index (Phi) is 9.66. The summed E-state index contributed by atoms with van der Waals surface area (Å²) < 4.78 is 4.99. The minimum Gasteiger partial charge on any atom is -0.480 e. The third-order valence-corrected chi connectivity index (χ3v) is 1.94. The molecule has 1 atom stereocenters. The maximum absolute atomic E-state index is 11.4. The second kappa shape index (κ2) is 8.99. The van der Waals surface area contributed by atoms with Crippen LogP contribution in [-0.2, 0) is 9.53 Å². The van der Waals surface area contributed by atoms with Crippen molar-refractivity contribution < 1.29 is 19.4 Å². The van der Waals surface area contributed by atoms with Crippen molar-refractivity contribution in [2.45, 2.75) is 51.7 Å². The van der Waals surface area contributed by atoms with Crippen LogP contribution in [0.3, 0.4) is 0 Å². The Bertz CT molecular complexity index is 266. The van der Waals surface area contributed by atoms with Crippen LogP contribution in [0.2, 0.25) is 0 Å². The van der Waals surface area contributed by atoms with Gasteiger partial charge in [-0.3, -0.25) is 0 Å². The Hall–Kier alpha value is -1.01. The summed E-state index contributed by atoms with van der Waals surface area (Å²) in [5.41, 5.74) is 4.68. The topological polar surface area (TPSA) is 102 Å². The Labute approximate surface area is 114 Å². The van der Waals surface area contributed by atoms with E-state index in [0.717, 1.165) is 6.42 Å². The average molecular weight is 283 g/mol. The van der Waals surface area contributed by atoms with E-state index in [1.807, 2.05) is 0 Å². The number of ether oxygens (including phenoxy) is 1. The van der Waals surface area contributed by atoms with Crippen molar-refractivity contribution >= 4 is 24.5 Å². The van der Waals surface area contributed by atoms with Gasteiger partial charge in [-0.05, 0) is 46.6 Å². The number of unbranched alkanes of at least 4 members (excludes halogenated alkanes) is 1. The second-order valence-electron chi connectivity index (χ2n) is 4.82. The molecule has 0 bridgehead atoms. The number of nitrogens with two attached hydrogens (primary N) is 1. The van der Waals surface area contributed by atoms with Crippen molar-refractivity contribution in [2.75, 3.05) is 6.54 Å². The maximum atomic E-state index is 11.4. The van der Waals surface area contributed by atoms with E-state index in [4.69, 9.17) is 15.6 Å². The molecule has 6 nitrogen and oxygen atoms in total. The summed E-state index contributed by atoms with van der Waals surface area (Å²) in [7, 11) is 0. The Morgan fingerprint density at radius 1 is 1.33 bits per heavy atom. The molecule has 0 saturated carbocycles. The van der Waals surface area contributed by atoms with Gasteiger partial charge in [-0.1, -0.05) is 0 Å². The molecular formula is C11H23ClN2O4. The molecule has 0 unspecified atom stereocenters. The standard InChI is InChI=1S/C11H22N2O4.ClH/c1-11(2,3)17-10(16)13-8(9(14)15)6-4-5-7-12;/h8H,4-7,12H2,1-3H3,(H,13,16)(H,14,15);1H/t8-;/m0./s1. The number of hydrogen-bond donors (Lipinski definition) is 3. The van der Waals surface area contributed by atoms with Crippen LogP contribution in [-0.4, -0.2) is 35.4 Å². The molecule has 0 aromatic heterocycles. The molecular weight excluding hydrogens is 260 g/mol. The lowest BCUT2D eigenvalue weighted by Gasteiger charge is -2.21. The highest BCUT2D eigenvalue weighted by Gasteiger charge is 2.23. The first-order chi connectivity index (χ1) is 7.76. The summed E-state index contributed by atoms with van der Waals surface area (Å²) in [6.07, 6.45) is 1.03. The van der Waals surface area contributed by atoms with E-state index in [9.17, 15) is 9.59 Å². The number of alkyl carbamates (subject to hydrolysis) is 1. The Morgan fingerprint density at radius 3 is 2.28 bits per heavy atom. The number of nitrogens with one attached hydrogen (secondary N) is 1. The average Bonchev–Trinajstić information content (AvgIpc) is 2.13. The van der Waals surface area contributed by atoms with Gasteiger partial charge >= 0.3 is 12.1 Å². The lowest BCUT2D eigenvalue weighted by molar-refractivity contribution is -0.139. The van der Waals surface area contributed by atoms with Crippen LogP contribution in [0.4, 0.5) is 4.79 Å². The van der Waals surface area contributed by atoms with Crippen molar-refractivity contribution in [2.24, 2.45) is 5.73 Å². The van der Waals surface area contributed by atoms with Gasteiger partial charge in [0.15, 0.2) is 0 Å². The molecule has 0 radical (unpaired) electrons. The van der Waals surface area contributed by atoms with Crippen molar-refractivity contribution in [3.05, 3.63) is 0 Å². The van der Waals surface area contributed by atoms with Crippen molar-refractivity contribution in [1.82, 2.24) is 5.32 Å². The summed E-state index contributed by atoms with van der Waals surface area (Å²) in [5, 5.41) is 11.2. The van der Waals surface area contributed by atoms with E-state index in [0.29, 0.717) is 19.4 Å². The van der Waals surface area contributed by atoms with Gasteiger partial charge in [-0.2, -0.15) is 0 Å². The normalized spacial score (nSPS) is 12.2. The van der Waals surface area contributed by atoms with Gasteiger partial charge in [-0.25, -0.2) is 9.59 Å². The van der Waals surface area contributed by atoms with Crippen LogP contribution < -0.4 is 11.1 Å². The van der Waals surface area contributed by atoms with Crippen LogP contribution in [0.15, 0.2) is 0 Å². The van der Waals surface area contributed by atoms with Gasteiger partial charge in [0.1, 0.15) is 11.6 Å². The van der Waals surface area contributed by atoms with E-state index in [-0.39, 0.29) is 12.4 Å². The highest BCUT2D eigenvalue weighted by molar-refractivity contribution is 5.85. The molecule has 7 heteroatoms. The third-order valence-electron chi connectivity index (χ3n) is 1.94. The quantitative estimate of drug-likeness (QED) is 0.641. The number of carbonyl (C=O) groups is 2. The van der Waals surface area contributed by atoms with E-state index >= 15 is 0 Å². The maximum Gasteiger partial charge on any atom is 0.408 e. The number of carbonyl (C=O) groups excluding carboxylic acids is 1. The fraction of sp³-hybridized carbons (Fsp3) is 0.818. The molecule has 0 spiro atoms. The molecule has 0 fully saturated rings. The summed E-state index contributed by atoms with van der Waals surface area (Å²) >= 11 is 0. The molecule has 0 aromatic carbocycles. The fourth-order valence-electron chi connectivity index (χ4n) is 1.20. The summed E-state index contributed by atoms with van der Waals surface area (Å²) in [5.74, 6) is -1.06. The molecule has 0 aromatic rings. The first-order valence-electron chi connectivity index (χ1n) is 5.68.